The molecule has 0 aliphatic rings. The molecule has 0 saturated heterocycles. The molecule has 0 aliphatic carbocycles. The van der Waals surface area contributed by atoms with Crippen molar-refractivity contribution in [3.8, 4) is 5.75 Å². The van der Waals surface area contributed by atoms with Gasteiger partial charge in [0.2, 0.25) is 0 Å². The van der Waals surface area contributed by atoms with Crippen molar-refractivity contribution in [1.82, 2.24) is 0 Å². The van der Waals surface area contributed by atoms with Crippen LogP contribution in [0.25, 0.3) is 0 Å². The van der Waals surface area contributed by atoms with Crippen LogP contribution < -0.4 is 10.5 Å². The zero-order valence-corrected chi connectivity index (χ0v) is 9.01. The van der Waals surface area contributed by atoms with Crippen LogP contribution in [0.15, 0.2) is 23.2 Å². The van der Waals surface area contributed by atoms with Gasteiger partial charge in [-0.2, -0.15) is 0 Å². The standard InChI is InChI=1S/C10H13ClN2O/c1-7-5-8(14-2)3-4-9(7)13-10(12)6-11/h3-5H,6H2,1-2H3,(H2,12,13). The van der Waals surface area contributed by atoms with Crippen LogP contribution in [-0.4, -0.2) is 18.8 Å². The lowest BCUT2D eigenvalue weighted by molar-refractivity contribution is 0.414. The summed E-state index contributed by atoms with van der Waals surface area (Å²) >= 11 is 5.53. The Balaban J connectivity index is 3.00. The molecular weight excluding hydrogens is 200 g/mol. The molecule has 3 nitrogen and oxygen atoms in total. The first-order valence-electron chi connectivity index (χ1n) is 4.21. The molecule has 14 heavy (non-hydrogen) atoms. The summed E-state index contributed by atoms with van der Waals surface area (Å²) in [6.07, 6.45) is 0. The van der Waals surface area contributed by atoms with E-state index in [2.05, 4.69) is 4.99 Å². The van der Waals surface area contributed by atoms with Crippen LogP contribution in [0.4, 0.5) is 5.69 Å². The molecule has 0 saturated carbocycles. The third kappa shape index (κ3) is 2.64. The van der Waals surface area contributed by atoms with Crippen molar-refractivity contribution in [2.24, 2.45) is 10.7 Å². The third-order valence-corrected chi connectivity index (χ3v) is 2.08. The van der Waals surface area contributed by atoms with Crippen molar-refractivity contribution in [2.45, 2.75) is 6.92 Å². The van der Waals surface area contributed by atoms with Crippen molar-refractivity contribution >= 4 is 23.1 Å². The fourth-order valence-corrected chi connectivity index (χ4v) is 1.12. The van der Waals surface area contributed by atoms with Gasteiger partial charge in [0.05, 0.1) is 18.7 Å². The number of rotatable bonds is 3. The Hall–Kier alpha value is -1.22. The second kappa shape index (κ2) is 4.86. The van der Waals surface area contributed by atoms with Crippen molar-refractivity contribution in [3.63, 3.8) is 0 Å². The van der Waals surface area contributed by atoms with E-state index in [1.807, 2.05) is 25.1 Å². The number of hydrogen-bond acceptors (Lipinski definition) is 2. The molecule has 0 amide bonds. The van der Waals surface area contributed by atoms with Gasteiger partial charge in [0.1, 0.15) is 11.6 Å². The molecule has 0 aromatic heterocycles. The minimum absolute atomic E-state index is 0.242. The molecule has 1 aromatic rings. The highest BCUT2D eigenvalue weighted by atomic mass is 35.5. The maximum absolute atomic E-state index is 5.53. The molecule has 0 spiro atoms. The molecule has 0 aliphatic heterocycles. The maximum Gasteiger partial charge on any atom is 0.119 e. The van der Waals surface area contributed by atoms with Crippen molar-refractivity contribution < 1.29 is 4.74 Å². The largest absolute Gasteiger partial charge is 0.497 e. The summed E-state index contributed by atoms with van der Waals surface area (Å²) in [7, 11) is 1.63. The van der Waals surface area contributed by atoms with Gasteiger partial charge in [0, 0.05) is 0 Å². The molecule has 0 heterocycles. The number of methoxy groups -OCH3 is 1. The minimum atomic E-state index is 0.242. The monoisotopic (exact) mass is 212 g/mol. The number of alkyl halides is 1. The van der Waals surface area contributed by atoms with Gasteiger partial charge in [0.15, 0.2) is 0 Å². The number of benzene rings is 1. The average molecular weight is 213 g/mol. The molecule has 0 unspecified atom stereocenters. The van der Waals surface area contributed by atoms with E-state index in [0.29, 0.717) is 5.84 Å². The summed E-state index contributed by atoms with van der Waals surface area (Å²) in [4.78, 5) is 4.16. The number of ether oxygens (including phenoxy) is 1. The number of aryl methyl sites for hydroxylation is 1. The summed E-state index contributed by atoms with van der Waals surface area (Å²) in [6, 6.07) is 5.60. The molecule has 2 N–H and O–H groups in total. The first kappa shape index (κ1) is 10.9. The molecule has 76 valence electrons. The number of amidine groups is 1. The van der Waals surface area contributed by atoms with Gasteiger partial charge in [-0.3, -0.25) is 0 Å². The lowest BCUT2D eigenvalue weighted by Gasteiger charge is -2.04. The van der Waals surface area contributed by atoms with Gasteiger partial charge in [-0.05, 0) is 30.7 Å². The van der Waals surface area contributed by atoms with Crippen LogP contribution in [-0.2, 0) is 0 Å². The van der Waals surface area contributed by atoms with Crippen molar-refractivity contribution in [3.05, 3.63) is 23.8 Å². The zero-order valence-electron chi connectivity index (χ0n) is 8.25. The first-order valence-corrected chi connectivity index (χ1v) is 4.74. The number of nitrogens with zero attached hydrogens (tertiary/aromatic N) is 1. The topological polar surface area (TPSA) is 47.6 Å². The number of hydrogen-bond donors (Lipinski definition) is 1. The average Bonchev–Trinajstić information content (AvgIpc) is 2.20. The molecule has 0 radical (unpaired) electrons. The molecule has 0 bridgehead atoms. The van der Waals surface area contributed by atoms with E-state index >= 15 is 0 Å². The van der Waals surface area contributed by atoms with Gasteiger partial charge in [0.25, 0.3) is 0 Å². The predicted molar refractivity (Wildman–Crippen MR) is 59.7 cm³/mol. The molecule has 1 aromatic carbocycles. The Bertz CT molecular complexity index is 350. The summed E-state index contributed by atoms with van der Waals surface area (Å²) < 4.78 is 5.08. The SMILES string of the molecule is COc1ccc(N=C(N)CCl)c(C)c1. The van der Waals surface area contributed by atoms with E-state index in [1.165, 1.54) is 0 Å². The van der Waals surface area contributed by atoms with Crippen LogP contribution >= 0.6 is 11.6 Å². The van der Waals surface area contributed by atoms with E-state index < -0.39 is 0 Å². The molecule has 1 rings (SSSR count). The Morgan fingerprint density at radius 2 is 2.29 bits per heavy atom. The molecular formula is C10H13ClN2O. The lowest BCUT2D eigenvalue weighted by Crippen LogP contribution is -2.12. The zero-order chi connectivity index (χ0) is 10.6. The van der Waals surface area contributed by atoms with Gasteiger partial charge in [-0.15, -0.1) is 11.6 Å². The van der Waals surface area contributed by atoms with Crippen LogP contribution in [0.5, 0.6) is 5.75 Å². The van der Waals surface area contributed by atoms with E-state index in [9.17, 15) is 0 Å². The summed E-state index contributed by atoms with van der Waals surface area (Å²) in [5, 5.41) is 0. The highest BCUT2D eigenvalue weighted by Crippen LogP contribution is 2.23. The highest BCUT2D eigenvalue weighted by molar-refractivity contribution is 6.28. The van der Waals surface area contributed by atoms with E-state index in [4.69, 9.17) is 22.1 Å². The van der Waals surface area contributed by atoms with Crippen LogP contribution in [0.3, 0.4) is 0 Å². The predicted octanol–water partition coefficient (Wildman–Crippen LogP) is 2.23. The maximum atomic E-state index is 5.53. The molecule has 0 atom stereocenters. The minimum Gasteiger partial charge on any atom is -0.497 e. The second-order valence-electron chi connectivity index (χ2n) is 2.89. The molecule has 4 heteroatoms. The van der Waals surface area contributed by atoms with Gasteiger partial charge < -0.3 is 10.5 Å². The Kier molecular flexibility index (Phi) is 3.77. The van der Waals surface area contributed by atoms with Gasteiger partial charge in [-0.1, -0.05) is 0 Å². The number of aliphatic imine (C=N–C) groups is 1. The smallest absolute Gasteiger partial charge is 0.119 e. The van der Waals surface area contributed by atoms with Crippen molar-refractivity contribution in [2.75, 3.05) is 13.0 Å². The van der Waals surface area contributed by atoms with Gasteiger partial charge >= 0.3 is 0 Å². The summed E-state index contributed by atoms with van der Waals surface area (Å²) in [5.74, 6) is 1.47. The fraction of sp³-hybridized carbons (Fsp3) is 0.300. The van der Waals surface area contributed by atoms with Crippen LogP contribution in [0, 0.1) is 6.92 Å². The summed E-state index contributed by atoms with van der Waals surface area (Å²) in [6.45, 7) is 1.95. The lowest BCUT2D eigenvalue weighted by atomic mass is 10.2. The van der Waals surface area contributed by atoms with Crippen molar-refractivity contribution in [1.29, 1.82) is 0 Å². The quantitative estimate of drug-likeness (QED) is 0.475. The Morgan fingerprint density at radius 1 is 1.57 bits per heavy atom. The normalized spacial score (nSPS) is 11.5. The van der Waals surface area contributed by atoms with Crippen LogP contribution in [0.1, 0.15) is 5.56 Å². The number of nitrogens with two attached hydrogens (primary N) is 1. The van der Waals surface area contributed by atoms with E-state index in [1.54, 1.807) is 7.11 Å². The Labute approximate surface area is 88.5 Å². The summed E-state index contributed by atoms with van der Waals surface area (Å²) in [5.41, 5.74) is 7.37. The third-order valence-electron chi connectivity index (χ3n) is 1.80. The fourth-order valence-electron chi connectivity index (χ4n) is 1.06. The second-order valence-corrected chi connectivity index (χ2v) is 3.16. The highest BCUT2D eigenvalue weighted by Gasteiger charge is 1.99. The van der Waals surface area contributed by atoms with E-state index in [-0.39, 0.29) is 5.88 Å². The number of halogens is 1. The van der Waals surface area contributed by atoms with Crippen LogP contribution in [0.2, 0.25) is 0 Å². The van der Waals surface area contributed by atoms with Gasteiger partial charge in [-0.25, -0.2) is 4.99 Å². The Morgan fingerprint density at radius 3 is 2.79 bits per heavy atom. The van der Waals surface area contributed by atoms with E-state index in [0.717, 1.165) is 17.0 Å². The first-order chi connectivity index (χ1) is 6.67. The molecule has 0 fully saturated rings.